The van der Waals surface area contributed by atoms with Gasteiger partial charge in [-0.3, -0.25) is 19.7 Å². The first kappa shape index (κ1) is 19.9. The highest BCUT2D eigenvalue weighted by molar-refractivity contribution is 6.23. The molecule has 3 aliphatic carbocycles. The minimum atomic E-state index is -0.369. The minimum Gasteiger partial charge on any atom is -0.362 e. The molecule has 2 amide bonds. The average Bonchev–Trinajstić information content (AvgIpc) is 3.42. The molecule has 0 aromatic heterocycles. The summed E-state index contributed by atoms with van der Waals surface area (Å²) in [6, 6.07) is 5.19. The van der Waals surface area contributed by atoms with Crippen LogP contribution >= 0.6 is 0 Å². The quantitative estimate of drug-likeness (QED) is 0.306. The van der Waals surface area contributed by atoms with Crippen LogP contribution in [0.25, 0.3) is 0 Å². The van der Waals surface area contributed by atoms with E-state index in [4.69, 9.17) is 0 Å². The lowest BCUT2D eigenvalue weighted by Gasteiger charge is -2.39. The van der Waals surface area contributed by atoms with Crippen LogP contribution in [0.4, 0.5) is 17.1 Å². The third-order valence-corrected chi connectivity index (χ3v) is 8.61. The van der Waals surface area contributed by atoms with Crippen molar-refractivity contribution < 1.29 is 14.5 Å². The average molecular weight is 436 g/mol. The Balaban J connectivity index is 1.36. The summed E-state index contributed by atoms with van der Waals surface area (Å²) in [4.78, 5) is 41.5. The van der Waals surface area contributed by atoms with Gasteiger partial charge >= 0.3 is 0 Å². The summed E-state index contributed by atoms with van der Waals surface area (Å²) < 4.78 is 0. The first-order valence-corrected chi connectivity index (χ1v) is 11.7. The molecule has 5 aliphatic rings. The molecule has 0 radical (unpaired) electrons. The van der Waals surface area contributed by atoms with Crippen molar-refractivity contribution in [2.75, 3.05) is 16.3 Å². The molecule has 1 aromatic carbocycles. The first-order valence-electron chi connectivity index (χ1n) is 11.7. The van der Waals surface area contributed by atoms with E-state index in [0.29, 0.717) is 11.4 Å². The molecule has 0 spiro atoms. The van der Waals surface area contributed by atoms with E-state index in [1.807, 2.05) is 0 Å². The fourth-order valence-corrected chi connectivity index (χ4v) is 7.94. The summed E-state index contributed by atoms with van der Waals surface area (Å²) in [6.07, 6.45) is 8.13. The second-order valence-corrected chi connectivity index (χ2v) is 11.8. The lowest BCUT2D eigenvalue weighted by Crippen LogP contribution is -2.35. The van der Waals surface area contributed by atoms with Crippen LogP contribution in [0, 0.1) is 44.6 Å². The van der Waals surface area contributed by atoms with Gasteiger partial charge in [0.1, 0.15) is 5.69 Å². The van der Waals surface area contributed by atoms with Crippen molar-refractivity contribution in [2.45, 2.75) is 52.5 Å². The number of carbonyl (C=O) groups is 2. The van der Waals surface area contributed by atoms with Gasteiger partial charge in [-0.1, -0.05) is 32.9 Å². The molecule has 2 heterocycles. The van der Waals surface area contributed by atoms with Crippen molar-refractivity contribution in [1.29, 1.82) is 0 Å². The number of nitrogens with zero attached hydrogens (tertiary/aromatic N) is 3. The number of anilines is 2. The Morgan fingerprint density at radius 2 is 1.69 bits per heavy atom. The highest BCUT2D eigenvalue weighted by Gasteiger charge is 2.60. The first-order chi connectivity index (χ1) is 15.1. The predicted octanol–water partition coefficient (Wildman–Crippen LogP) is 4.31. The molecule has 1 aromatic rings. The van der Waals surface area contributed by atoms with Crippen LogP contribution < -0.4 is 9.80 Å². The maximum Gasteiger partial charge on any atom is 0.294 e. The van der Waals surface area contributed by atoms with E-state index in [1.165, 1.54) is 11.0 Å². The van der Waals surface area contributed by atoms with Crippen LogP contribution in [0.1, 0.15) is 46.5 Å². The van der Waals surface area contributed by atoms with E-state index in [-0.39, 0.29) is 63.0 Å². The number of nitro benzene ring substituents is 1. The SMILES string of the molecule is CC1(C)C[C@H]2C[C@@](C)(CN2c2ccc(N3C(=O)[C@@H]4[C@H](C3=O)[C@H]3C=C[C@H]4C3)cc2[N+](=O)[O-])C1. The topological polar surface area (TPSA) is 83.8 Å². The van der Waals surface area contributed by atoms with Crippen molar-refractivity contribution in [2.24, 2.45) is 34.5 Å². The maximum atomic E-state index is 13.2. The van der Waals surface area contributed by atoms with Crippen LogP contribution in [-0.4, -0.2) is 29.3 Å². The molecule has 2 aliphatic heterocycles. The minimum absolute atomic E-state index is 0.0183. The molecule has 7 heteroatoms. The van der Waals surface area contributed by atoms with Gasteiger partial charge in [0.2, 0.25) is 11.8 Å². The van der Waals surface area contributed by atoms with E-state index < -0.39 is 0 Å². The zero-order valence-electron chi connectivity index (χ0n) is 18.8. The second kappa shape index (κ2) is 6.21. The van der Waals surface area contributed by atoms with Crippen molar-refractivity contribution in [3.8, 4) is 0 Å². The van der Waals surface area contributed by atoms with Crippen molar-refractivity contribution >= 4 is 28.9 Å². The smallest absolute Gasteiger partial charge is 0.294 e. The van der Waals surface area contributed by atoms with Gasteiger partial charge in [-0.2, -0.15) is 0 Å². The van der Waals surface area contributed by atoms with Crippen molar-refractivity contribution in [3.05, 3.63) is 40.5 Å². The van der Waals surface area contributed by atoms with Crippen LogP contribution in [0.5, 0.6) is 0 Å². The van der Waals surface area contributed by atoms with Gasteiger partial charge in [0, 0.05) is 18.7 Å². The van der Waals surface area contributed by atoms with Crippen LogP contribution in [0.3, 0.4) is 0 Å². The number of hydrogen-bond donors (Lipinski definition) is 0. The Kier molecular flexibility index (Phi) is 3.87. The number of imide groups is 1. The highest BCUT2D eigenvalue weighted by Crippen LogP contribution is 2.56. The van der Waals surface area contributed by atoms with E-state index in [9.17, 15) is 19.7 Å². The number of carbonyl (C=O) groups excluding carboxylic acids is 2. The molecule has 4 fully saturated rings. The molecule has 2 saturated carbocycles. The molecule has 6 rings (SSSR count). The third-order valence-electron chi connectivity index (χ3n) is 8.61. The molecule has 168 valence electrons. The van der Waals surface area contributed by atoms with Gasteiger partial charge in [-0.15, -0.1) is 0 Å². The van der Waals surface area contributed by atoms with Gasteiger partial charge in [0.15, 0.2) is 0 Å². The van der Waals surface area contributed by atoms with Crippen LogP contribution in [0.15, 0.2) is 30.4 Å². The van der Waals surface area contributed by atoms with E-state index in [0.717, 1.165) is 32.2 Å². The molecular weight excluding hydrogens is 406 g/mol. The van der Waals surface area contributed by atoms with Crippen molar-refractivity contribution in [3.63, 3.8) is 0 Å². The largest absolute Gasteiger partial charge is 0.362 e. The number of hydrogen-bond acceptors (Lipinski definition) is 5. The van der Waals surface area contributed by atoms with Crippen molar-refractivity contribution in [1.82, 2.24) is 0 Å². The summed E-state index contributed by atoms with van der Waals surface area (Å²) in [7, 11) is 0. The number of fused-ring (bicyclic) bond motifs is 7. The Morgan fingerprint density at radius 1 is 1.03 bits per heavy atom. The predicted molar refractivity (Wildman–Crippen MR) is 120 cm³/mol. The van der Waals surface area contributed by atoms with Crippen LogP contribution in [0.2, 0.25) is 0 Å². The lowest BCUT2D eigenvalue weighted by atomic mass is 9.65. The molecule has 2 saturated heterocycles. The Bertz CT molecular complexity index is 1060. The molecule has 0 unspecified atom stereocenters. The standard InChI is InChI=1S/C25H29N3O4/c1-24(2)10-17-11-25(3,12-24)13-26(17)18-7-6-16(9-19(18)28(31)32)27-22(29)20-14-4-5-15(8-14)21(20)23(27)30/h4-7,9,14-15,17,20-21H,8,10-13H2,1-3H3/t14-,15-,17-,20-,21+,25+/m0/s1. The Labute approximate surface area is 187 Å². The van der Waals surface area contributed by atoms with Gasteiger partial charge in [-0.25, -0.2) is 4.90 Å². The molecule has 0 N–H and O–H groups in total. The van der Waals surface area contributed by atoms with E-state index in [1.54, 1.807) is 12.1 Å². The monoisotopic (exact) mass is 435 g/mol. The summed E-state index contributed by atoms with van der Waals surface area (Å²) in [5.74, 6) is -0.787. The Hall–Kier alpha value is -2.70. The molecule has 4 bridgehead atoms. The number of benzene rings is 1. The molecule has 6 atom stereocenters. The van der Waals surface area contributed by atoms with Gasteiger partial charge in [-0.05, 0) is 60.5 Å². The number of allylic oxidation sites excluding steroid dienone is 2. The highest BCUT2D eigenvalue weighted by atomic mass is 16.6. The third kappa shape index (κ3) is 2.66. The normalized spacial score (nSPS) is 38.7. The maximum absolute atomic E-state index is 13.2. The zero-order chi connectivity index (χ0) is 22.6. The fraction of sp³-hybridized carbons (Fsp3) is 0.600. The van der Waals surface area contributed by atoms with Gasteiger partial charge < -0.3 is 4.90 Å². The number of amides is 2. The lowest BCUT2D eigenvalue weighted by molar-refractivity contribution is -0.384. The van der Waals surface area contributed by atoms with E-state index in [2.05, 4.69) is 37.8 Å². The summed E-state index contributed by atoms with van der Waals surface area (Å²) >= 11 is 0. The fourth-order valence-electron chi connectivity index (χ4n) is 7.94. The summed E-state index contributed by atoms with van der Waals surface area (Å²) in [5, 5.41) is 12.1. The van der Waals surface area contributed by atoms with E-state index >= 15 is 0 Å². The second-order valence-electron chi connectivity index (χ2n) is 11.8. The molecular formula is C25H29N3O4. The summed E-state index contributed by atoms with van der Waals surface area (Å²) in [6.45, 7) is 7.63. The summed E-state index contributed by atoms with van der Waals surface area (Å²) in [5.41, 5.74) is 1.27. The zero-order valence-corrected chi connectivity index (χ0v) is 18.8. The number of nitro groups is 1. The van der Waals surface area contributed by atoms with Gasteiger partial charge in [0.05, 0.1) is 22.4 Å². The molecule has 32 heavy (non-hydrogen) atoms. The Morgan fingerprint density at radius 3 is 2.31 bits per heavy atom. The van der Waals surface area contributed by atoms with Crippen LogP contribution in [-0.2, 0) is 9.59 Å². The van der Waals surface area contributed by atoms with Gasteiger partial charge in [0.25, 0.3) is 5.69 Å². The number of rotatable bonds is 3. The molecule has 7 nitrogen and oxygen atoms in total.